The van der Waals surface area contributed by atoms with E-state index in [9.17, 15) is 20.0 Å². The van der Waals surface area contributed by atoms with Gasteiger partial charge in [-0.05, 0) is 30.3 Å². The number of nitrogens with zero attached hydrogens (tertiary/aromatic N) is 3. The Morgan fingerprint density at radius 1 is 1.05 bits per heavy atom. The van der Waals surface area contributed by atoms with Gasteiger partial charge in [0.25, 0.3) is 5.69 Å². The zero-order valence-electron chi connectivity index (χ0n) is 10.9. The van der Waals surface area contributed by atoms with Gasteiger partial charge in [-0.3, -0.25) is 15.6 Å². The molecule has 1 radical (unpaired) electrons. The molecule has 2 rings (SSSR count). The smallest absolute Gasteiger partial charge is 0.339 e. The second-order valence-electron chi connectivity index (χ2n) is 3.98. The lowest BCUT2D eigenvalue weighted by atomic mass is 10.2. The number of carboxylic acids is 1. The van der Waals surface area contributed by atoms with Gasteiger partial charge in [-0.2, -0.15) is 10.2 Å². The maximum absolute atomic E-state index is 10.9. The number of carbonyl (C=O) groups is 1. The van der Waals surface area contributed by atoms with Crippen LogP contribution in [0.1, 0.15) is 10.4 Å². The molecule has 0 spiro atoms. The minimum absolute atomic E-state index is 0. The van der Waals surface area contributed by atoms with Crippen molar-refractivity contribution in [2.24, 2.45) is 10.2 Å². The number of azo groups is 1. The van der Waals surface area contributed by atoms with Crippen LogP contribution in [0.3, 0.4) is 0 Å². The molecule has 0 aromatic heterocycles. The summed E-state index contributed by atoms with van der Waals surface area (Å²) in [6, 6.07) is 9.18. The van der Waals surface area contributed by atoms with Crippen molar-refractivity contribution in [2.45, 2.75) is 0 Å². The number of aromatic hydroxyl groups is 1. The van der Waals surface area contributed by atoms with Crippen molar-refractivity contribution in [2.75, 3.05) is 0 Å². The molecule has 0 aliphatic heterocycles. The van der Waals surface area contributed by atoms with Crippen molar-refractivity contribution in [1.29, 1.82) is 0 Å². The molecule has 0 aliphatic rings. The molecule has 3 N–H and O–H groups in total. The first-order valence-corrected chi connectivity index (χ1v) is 5.70. The van der Waals surface area contributed by atoms with E-state index in [1.165, 1.54) is 42.5 Å². The van der Waals surface area contributed by atoms with E-state index < -0.39 is 10.9 Å². The summed E-state index contributed by atoms with van der Waals surface area (Å²) in [6.45, 7) is 0. The molecule has 0 bridgehead atoms. The first-order chi connectivity index (χ1) is 9.97. The Balaban J connectivity index is 0.00000242. The summed E-state index contributed by atoms with van der Waals surface area (Å²) in [5.41, 5.74) is 0.274. The molecule has 2 aromatic carbocycles. The molecule has 0 fully saturated rings. The standard InChI is InChI=1S/C13H9N3O5.HO/c17-12-6-3-9(7-11(12)13(18)19)15-14-8-1-4-10(5-2-8)16(20)21;/h1-7,17H,(H,18,19);1H. The van der Waals surface area contributed by atoms with Gasteiger partial charge in [0, 0.05) is 12.1 Å². The van der Waals surface area contributed by atoms with E-state index in [1.807, 2.05) is 0 Å². The van der Waals surface area contributed by atoms with E-state index in [2.05, 4.69) is 10.2 Å². The van der Waals surface area contributed by atoms with Crippen LogP contribution in [-0.4, -0.2) is 26.6 Å². The molecule has 2 aromatic rings. The van der Waals surface area contributed by atoms with Crippen LogP contribution in [0.5, 0.6) is 5.75 Å². The average molecular weight is 304 g/mol. The van der Waals surface area contributed by atoms with Gasteiger partial charge in [0.2, 0.25) is 0 Å². The summed E-state index contributed by atoms with van der Waals surface area (Å²) in [7, 11) is 0. The van der Waals surface area contributed by atoms with Crippen LogP contribution in [0.4, 0.5) is 17.1 Å². The zero-order valence-corrected chi connectivity index (χ0v) is 10.9. The normalized spacial score (nSPS) is 10.2. The van der Waals surface area contributed by atoms with Crippen molar-refractivity contribution in [1.82, 2.24) is 0 Å². The van der Waals surface area contributed by atoms with Crippen LogP contribution in [0, 0.1) is 10.1 Å². The van der Waals surface area contributed by atoms with Crippen LogP contribution in [0.2, 0.25) is 0 Å². The molecule has 0 heterocycles. The van der Waals surface area contributed by atoms with Crippen LogP contribution in [0.25, 0.3) is 0 Å². The summed E-state index contributed by atoms with van der Waals surface area (Å²) in [5, 5.41) is 36.4. The lowest BCUT2D eigenvalue weighted by Crippen LogP contribution is -1.95. The van der Waals surface area contributed by atoms with Gasteiger partial charge in [0.15, 0.2) is 0 Å². The van der Waals surface area contributed by atoms with E-state index in [1.54, 1.807) is 0 Å². The minimum atomic E-state index is -1.28. The van der Waals surface area contributed by atoms with Crippen LogP contribution < -0.4 is 0 Å². The highest BCUT2D eigenvalue weighted by Gasteiger charge is 2.10. The SMILES string of the molecule is O=C(O)c1cc(N=Nc2ccc([N+](=O)[O-])cc2)ccc1O.[OH]. The molecule has 0 atom stereocenters. The lowest BCUT2D eigenvalue weighted by molar-refractivity contribution is -0.384. The zero-order chi connectivity index (χ0) is 15.4. The monoisotopic (exact) mass is 304 g/mol. The maximum Gasteiger partial charge on any atom is 0.339 e. The second kappa shape index (κ2) is 6.90. The molecule has 9 nitrogen and oxygen atoms in total. The lowest BCUT2D eigenvalue weighted by Gasteiger charge is -1.99. The Morgan fingerprint density at radius 3 is 2.14 bits per heavy atom. The highest BCUT2D eigenvalue weighted by Crippen LogP contribution is 2.25. The fourth-order valence-electron chi connectivity index (χ4n) is 1.51. The number of nitro groups is 1. The molecule has 113 valence electrons. The Bertz CT molecular complexity index is 727. The van der Waals surface area contributed by atoms with Crippen molar-refractivity contribution >= 4 is 23.0 Å². The molecule has 0 aliphatic carbocycles. The van der Waals surface area contributed by atoms with Crippen LogP contribution >= 0.6 is 0 Å². The number of carboxylic acid groups (broad SMARTS) is 1. The van der Waals surface area contributed by atoms with Gasteiger partial charge in [0.1, 0.15) is 11.3 Å². The van der Waals surface area contributed by atoms with Crippen molar-refractivity contribution in [3.8, 4) is 5.75 Å². The molecular weight excluding hydrogens is 294 g/mol. The van der Waals surface area contributed by atoms with Crippen molar-refractivity contribution < 1.29 is 25.4 Å². The summed E-state index contributed by atoms with van der Waals surface area (Å²) < 4.78 is 0. The topological polar surface area (TPSA) is 155 Å². The summed E-state index contributed by atoms with van der Waals surface area (Å²) in [4.78, 5) is 20.8. The van der Waals surface area contributed by atoms with Crippen LogP contribution in [0.15, 0.2) is 52.7 Å². The second-order valence-corrected chi connectivity index (χ2v) is 3.98. The van der Waals surface area contributed by atoms with E-state index in [4.69, 9.17) is 5.11 Å². The number of aromatic carboxylic acids is 1. The van der Waals surface area contributed by atoms with Gasteiger partial charge in [-0.1, -0.05) is 0 Å². The first kappa shape index (κ1) is 16.7. The van der Waals surface area contributed by atoms with E-state index in [0.717, 1.165) is 0 Å². The Labute approximate surface area is 123 Å². The van der Waals surface area contributed by atoms with Crippen molar-refractivity contribution in [3.05, 3.63) is 58.1 Å². The summed E-state index contributed by atoms with van der Waals surface area (Å²) in [6.07, 6.45) is 0. The summed E-state index contributed by atoms with van der Waals surface area (Å²) >= 11 is 0. The number of nitro benzene ring substituents is 1. The molecule has 22 heavy (non-hydrogen) atoms. The first-order valence-electron chi connectivity index (χ1n) is 5.70. The Hall–Kier alpha value is -3.33. The molecule has 0 amide bonds. The van der Waals surface area contributed by atoms with Gasteiger partial charge in [-0.15, -0.1) is 0 Å². The largest absolute Gasteiger partial charge is 0.507 e. The number of non-ortho nitro benzene ring substituents is 1. The minimum Gasteiger partial charge on any atom is -0.507 e. The number of phenols is 1. The Kier molecular flexibility index (Phi) is 5.25. The molecule has 0 unspecified atom stereocenters. The fourth-order valence-corrected chi connectivity index (χ4v) is 1.51. The van der Waals surface area contributed by atoms with Gasteiger partial charge < -0.3 is 10.2 Å². The molecule has 0 saturated heterocycles. The van der Waals surface area contributed by atoms with Crippen LogP contribution in [-0.2, 0) is 0 Å². The number of rotatable bonds is 4. The van der Waals surface area contributed by atoms with Gasteiger partial charge >= 0.3 is 5.97 Å². The predicted octanol–water partition coefficient (Wildman–Crippen LogP) is 3.24. The quantitative estimate of drug-likeness (QED) is 0.449. The molecule has 9 heteroatoms. The third-order valence-electron chi connectivity index (χ3n) is 2.55. The highest BCUT2D eigenvalue weighted by molar-refractivity contribution is 5.91. The van der Waals surface area contributed by atoms with E-state index in [0.29, 0.717) is 5.69 Å². The van der Waals surface area contributed by atoms with Gasteiger partial charge in [-0.25, -0.2) is 4.79 Å². The van der Waals surface area contributed by atoms with E-state index in [-0.39, 0.29) is 28.2 Å². The average Bonchev–Trinajstić information content (AvgIpc) is 2.46. The highest BCUT2D eigenvalue weighted by atomic mass is 16.6. The third-order valence-corrected chi connectivity index (χ3v) is 2.55. The Morgan fingerprint density at radius 2 is 1.59 bits per heavy atom. The summed E-state index contributed by atoms with van der Waals surface area (Å²) in [5.74, 6) is -1.64. The van der Waals surface area contributed by atoms with E-state index >= 15 is 0 Å². The molecule has 0 saturated carbocycles. The number of hydrogen-bond donors (Lipinski definition) is 3. The fraction of sp³-hybridized carbons (Fsp3) is 0. The third kappa shape index (κ3) is 3.84. The number of hydrogen-bond acceptors (Lipinski definition) is 6. The van der Waals surface area contributed by atoms with Crippen molar-refractivity contribution in [3.63, 3.8) is 0 Å². The van der Waals surface area contributed by atoms with Gasteiger partial charge in [0.05, 0.1) is 16.3 Å². The number of benzene rings is 2. The molecular formula is C13H10N3O6. The maximum atomic E-state index is 10.9. The predicted molar refractivity (Wildman–Crippen MR) is 74.3 cm³/mol.